The number of hydrogen-bond donors (Lipinski definition) is 2. The molecule has 1 aromatic heterocycles. The van der Waals surface area contributed by atoms with Crippen LogP contribution in [0.25, 0.3) is 10.1 Å². The Kier molecular flexibility index (Phi) is 2.97. The molecule has 6 heteroatoms. The first-order valence-electron chi connectivity index (χ1n) is 4.81. The largest absolute Gasteiger partial charge is 0.465 e. The van der Waals surface area contributed by atoms with Crippen LogP contribution in [-0.4, -0.2) is 19.0 Å². The highest BCUT2D eigenvalue weighted by molar-refractivity contribution is 7.20. The number of fused-ring (bicyclic) bond motifs is 1. The summed E-state index contributed by atoms with van der Waals surface area (Å²) in [5.74, 6) is -0.331. The molecule has 1 aromatic carbocycles. The van der Waals surface area contributed by atoms with Gasteiger partial charge in [-0.1, -0.05) is 0 Å². The first-order valence-corrected chi connectivity index (χ1v) is 5.63. The molecule has 0 bridgehead atoms. The highest BCUT2D eigenvalue weighted by atomic mass is 32.1. The molecule has 0 aliphatic heterocycles. The van der Waals surface area contributed by atoms with Crippen molar-refractivity contribution in [3.05, 3.63) is 29.1 Å². The Bertz CT molecular complexity index is 600. The molecule has 2 rings (SSSR count). The van der Waals surface area contributed by atoms with Crippen LogP contribution in [0, 0.1) is 0 Å². The SMILES string of the molecule is COC(=O)c1cc2cc(N=C(N)N)ccc2s1. The fourth-order valence-corrected chi connectivity index (χ4v) is 2.41. The summed E-state index contributed by atoms with van der Waals surface area (Å²) in [5, 5.41) is 0.915. The number of aliphatic imine (C=N–C) groups is 1. The minimum Gasteiger partial charge on any atom is -0.465 e. The summed E-state index contributed by atoms with van der Waals surface area (Å²) in [6.45, 7) is 0. The highest BCUT2D eigenvalue weighted by Gasteiger charge is 2.10. The number of ether oxygens (including phenoxy) is 1. The fraction of sp³-hybridized carbons (Fsp3) is 0.0909. The van der Waals surface area contributed by atoms with E-state index in [0.717, 1.165) is 10.1 Å². The summed E-state index contributed by atoms with van der Waals surface area (Å²) in [4.78, 5) is 15.9. The first-order chi connectivity index (χ1) is 8.10. The third-order valence-corrected chi connectivity index (χ3v) is 3.24. The number of carbonyl (C=O) groups excluding carboxylic acids is 1. The molecular formula is C11H11N3O2S. The summed E-state index contributed by atoms with van der Waals surface area (Å²) in [7, 11) is 1.36. The van der Waals surface area contributed by atoms with Gasteiger partial charge >= 0.3 is 5.97 Å². The van der Waals surface area contributed by atoms with Gasteiger partial charge in [0.1, 0.15) is 4.88 Å². The maximum atomic E-state index is 11.4. The van der Waals surface area contributed by atoms with Crippen molar-refractivity contribution in [2.24, 2.45) is 16.5 Å². The van der Waals surface area contributed by atoms with E-state index in [1.165, 1.54) is 18.4 Å². The smallest absolute Gasteiger partial charge is 0.348 e. The molecular weight excluding hydrogens is 238 g/mol. The molecule has 17 heavy (non-hydrogen) atoms. The summed E-state index contributed by atoms with van der Waals surface area (Å²) in [6, 6.07) is 7.24. The zero-order valence-electron chi connectivity index (χ0n) is 9.14. The average molecular weight is 249 g/mol. The van der Waals surface area contributed by atoms with Crippen LogP contribution >= 0.6 is 11.3 Å². The Morgan fingerprint density at radius 1 is 1.35 bits per heavy atom. The van der Waals surface area contributed by atoms with Crippen LogP contribution in [0.2, 0.25) is 0 Å². The first kappa shape index (κ1) is 11.4. The van der Waals surface area contributed by atoms with E-state index in [0.29, 0.717) is 10.6 Å². The van der Waals surface area contributed by atoms with Crippen LogP contribution in [0.15, 0.2) is 29.3 Å². The topological polar surface area (TPSA) is 90.7 Å². The molecule has 0 fully saturated rings. The minimum atomic E-state index is -0.338. The van der Waals surface area contributed by atoms with Crippen LogP contribution in [0.5, 0.6) is 0 Å². The second-order valence-electron chi connectivity index (χ2n) is 3.36. The van der Waals surface area contributed by atoms with E-state index >= 15 is 0 Å². The summed E-state index contributed by atoms with van der Waals surface area (Å²) in [5.41, 5.74) is 11.3. The van der Waals surface area contributed by atoms with Crippen molar-refractivity contribution in [1.82, 2.24) is 0 Å². The van der Waals surface area contributed by atoms with Crippen molar-refractivity contribution in [2.45, 2.75) is 0 Å². The van der Waals surface area contributed by atoms with Crippen molar-refractivity contribution in [3.8, 4) is 0 Å². The van der Waals surface area contributed by atoms with E-state index in [2.05, 4.69) is 9.73 Å². The second-order valence-corrected chi connectivity index (χ2v) is 4.44. The lowest BCUT2D eigenvalue weighted by Crippen LogP contribution is -2.21. The highest BCUT2D eigenvalue weighted by Crippen LogP contribution is 2.29. The minimum absolute atomic E-state index is 0.00720. The van der Waals surface area contributed by atoms with Crippen LogP contribution in [0.4, 0.5) is 5.69 Å². The van der Waals surface area contributed by atoms with Gasteiger partial charge in [-0.3, -0.25) is 0 Å². The number of hydrogen-bond acceptors (Lipinski definition) is 4. The zero-order chi connectivity index (χ0) is 12.4. The molecule has 0 radical (unpaired) electrons. The van der Waals surface area contributed by atoms with Gasteiger partial charge in [0.15, 0.2) is 5.96 Å². The third-order valence-electron chi connectivity index (χ3n) is 2.14. The number of nitrogens with two attached hydrogens (primary N) is 2. The molecule has 0 saturated carbocycles. The fourth-order valence-electron chi connectivity index (χ4n) is 1.45. The Morgan fingerprint density at radius 2 is 2.12 bits per heavy atom. The van der Waals surface area contributed by atoms with Gasteiger partial charge in [-0.2, -0.15) is 0 Å². The van der Waals surface area contributed by atoms with Crippen molar-refractivity contribution >= 4 is 39.0 Å². The number of carbonyl (C=O) groups is 1. The molecule has 2 aromatic rings. The lowest BCUT2D eigenvalue weighted by atomic mass is 10.2. The van der Waals surface area contributed by atoms with E-state index < -0.39 is 0 Å². The zero-order valence-corrected chi connectivity index (χ0v) is 9.95. The molecule has 5 nitrogen and oxygen atoms in total. The summed E-state index contributed by atoms with van der Waals surface area (Å²) in [6.07, 6.45) is 0. The number of guanidine groups is 1. The average Bonchev–Trinajstić information content (AvgIpc) is 2.70. The van der Waals surface area contributed by atoms with Crippen LogP contribution < -0.4 is 11.5 Å². The quantitative estimate of drug-likeness (QED) is 0.480. The van der Waals surface area contributed by atoms with Crippen molar-refractivity contribution in [3.63, 3.8) is 0 Å². The number of nitrogens with zero attached hydrogens (tertiary/aromatic N) is 1. The van der Waals surface area contributed by atoms with Crippen molar-refractivity contribution in [2.75, 3.05) is 7.11 Å². The number of rotatable bonds is 2. The Hall–Kier alpha value is -2.08. The second kappa shape index (κ2) is 4.42. The predicted molar refractivity (Wildman–Crippen MR) is 68.6 cm³/mol. The van der Waals surface area contributed by atoms with E-state index in [1.54, 1.807) is 12.1 Å². The molecule has 0 aliphatic rings. The molecule has 88 valence electrons. The molecule has 0 saturated heterocycles. The maximum absolute atomic E-state index is 11.4. The van der Waals surface area contributed by atoms with E-state index in [-0.39, 0.29) is 11.9 Å². The molecule has 0 aliphatic carbocycles. The lowest BCUT2D eigenvalue weighted by molar-refractivity contribution is 0.0606. The maximum Gasteiger partial charge on any atom is 0.348 e. The number of thiophene rings is 1. The Morgan fingerprint density at radius 3 is 2.76 bits per heavy atom. The van der Waals surface area contributed by atoms with Gasteiger partial charge in [-0.25, -0.2) is 9.79 Å². The van der Waals surface area contributed by atoms with Gasteiger partial charge in [-0.05, 0) is 29.7 Å². The van der Waals surface area contributed by atoms with Gasteiger partial charge < -0.3 is 16.2 Å². The Labute approximate surface area is 102 Å². The summed E-state index contributed by atoms with van der Waals surface area (Å²) >= 11 is 1.37. The number of esters is 1. The van der Waals surface area contributed by atoms with Crippen LogP contribution in [0.3, 0.4) is 0 Å². The third kappa shape index (κ3) is 2.36. The predicted octanol–water partition coefficient (Wildman–Crippen LogP) is 1.59. The van der Waals surface area contributed by atoms with E-state index in [1.807, 2.05) is 12.1 Å². The van der Waals surface area contributed by atoms with Crippen molar-refractivity contribution in [1.29, 1.82) is 0 Å². The molecule has 0 unspecified atom stereocenters. The van der Waals surface area contributed by atoms with Crippen LogP contribution in [-0.2, 0) is 4.74 Å². The normalized spacial score (nSPS) is 10.2. The summed E-state index contributed by atoms with van der Waals surface area (Å²) < 4.78 is 5.65. The van der Waals surface area contributed by atoms with E-state index in [9.17, 15) is 4.79 Å². The van der Waals surface area contributed by atoms with Gasteiger partial charge in [0.25, 0.3) is 0 Å². The van der Waals surface area contributed by atoms with Crippen LogP contribution in [0.1, 0.15) is 9.67 Å². The molecule has 0 spiro atoms. The molecule has 0 atom stereocenters. The molecule has 4 N–H and O–H groups in total. The van der Waals surface area contributed by atoms with Gasteiger partial charge in [0.2, 0.25) is 0 Å². The molecule has 0 amide bonds. The lowest BCUT2D eigenvalue weighted by Gasteiger charge is -1.94. The van der Waals surface area contributed by atoms with Crippen molar-refractivity contribution < 1.29 is 9.53 Å². The van der Waals surface area contributed by atoms with E-state index in [4.69, 9.17) is 11.5 Å². The number of benzene rings is 1. The van der Waals surface area contributed by atoms with Gasteiger partial charge in [0, 0.05) is 4.70 Å². The monoisotopic (exact) mass is 249 g/mol. The number of methoxy groups -OCH3 is 1. The molecule has 1 heterocycles. The standard InChI is InChI=1S/C11H11N3O2S/c1-16-10(15)9-5-6-4-7(14-11(12)13)2-3-8(6)17-9/h2-5H,1H3,(H4,12,13,14). The Balaban J connectivity index is 2.48. The van der Waals surface area contributed by atoms with Gasteiger partial charge in [-0.15, -0.1) is 11.3 Å². The van der Waals surface area contributed by atoms with Gasteiger partial charge in [0.05, 0.1) is 12.8 Å².